The molecule has 0 atom stereocenters. The number of hydrogen-bond acceptors (Lipinski definition) is 5. The zero-order valence-corrected chi connectivity index (χ0v) is 10.4. The van der Waals surface area contributed by atoms with Crippen molar-refractivity contribution in [3.05, 3.63) is 23.8 Å². The number of aryl methyl sites for hydroxylation is 1. The second-order valence-electron chi connectivity index (χ2n) is 4.61. The quantitative estimate of drug-likeness (QED) is 0.641. The van der Waals surface area contributed by atoms with E-state index in [2.05, 4.69) is 35.7 Å². The van der Waals surface area contributed by atoms with Gasteiger partial charge in [-0.3, -0.25) is 15.0 Å². The topological polar surface area (TPSA) is 112 Å². The number of carbonyl (C=O) groups is 1. The van der Waals surface area contributed by atoms with E-state index in [1.54, 1.807) is 0 Å². The number of nitrogens with zero attached hydrogens (tertiary/aromatic N) is 4. The molecule has 2 aromatic rings. The highest BCUT2D eigenvalue weighted by Crippen LogP contribution is 2.37. The van der Waals surface area contributed by atoms with Crippen LogP contribution in [0.1, 0.15) is 47.4 Å². The lowest BCUT2D eigenvalue weighted by Crippen LogP contribution is -2.26. The molecule has 1 saturated carbocycles. The van der Waals surface area contributed by atoms with Crippen LogP contribution in [-0.2, 0) is 6.42 Å². The molecule has 1 aliphatic carbocycles. The van der Waals surface area contributed by atoms with Crippen LogP contribution in [0.4, 0.5) is 0 Å². The molecule has 8 nitrogen and oxygen atoms in total. The average Bonchev–Trinajstić information content (AvgIpc) is 2.95. The Kier molecular flexibility index (Phi) is 3.21. The molecule has 0 unspecified atom stereocenters. The third kappa shape index (κ3) is 2.95. The number of amides is 1. The molecule has 2 heterocycles. The Labute approximate surface area is 109 Å². The van der Waals surface area contributed by atoms with E-state index in [9.17, 15) is 4.79 Å². The fraction of sp³-hybridized carbons (Fsp3) is 0.545. The van der Waals surface area contributed by atoms with Crippen LogP contribution in [0.2, 0.25) is 0 Å². The van der Waals surface area contributed by atoms with Crippen LogP contribution in [-0.4, -0.2) is 42.8 Å². The van der Waals surface area contributed by atoms with Gasteiger partial charge >= 0.3 is 0 Å². The number of aromatic nitrogens is 6. The molecule has 0 aromatic carbocycles. The Morgan fingerprint density at radius 1 is 1.42 bits per heavy atom. The van der Waals surface area contributed by atoms with Crippen molar-refractivity contribution in [3.8, 4) is 0 Å². The molecule has 0 bridgehead atoms. The average molecular weight is 261 g/mol. The Morgan fingerprint density at radius 2 is 2.32 bits per heavy atom. The number of hydrogen-bond donors (Lipinski definition) is 3. The van der Waals surface area contributed by atoms with Gasteiger partial charge in [0.05, 0.1) is 0 Å². The van der Waals surface area contributed by atoms with E-state index in [0.29, 0.717) is 12.5 Å². The Bertz CT molecular complexity index is 543. The van der Waals surface area contributed by atoms with Gasteiger partial charge in [-0.05, 0) is 19.3 Å². The third-order valence-corrected chi connectivity index (χ3v) is 3.01. The fourth-order valence-electron chi connectivity index (χ4n) is 1.80. The van der Waals surface area contributed by atoms with E-state index >= 15 is 0 Å². The van der Waals surface area contributed by atoms with Crippen LogP contribution in [0, 0.1) is 0 Å². The highest BCUT2D eigenvalue weighted by molar-refractivity contribution is 5.90. The van der Waals surface area contributed by atoms with Crippen LogP contribution in [0.3, 0.4) is 0 Å². The molecule has 0 radical (unpaired) electrons. The smallest absolute Gasteiger partial charge is 0.290 e. The van der Waals surface area contributed by atoms with Gasteiger partial charge in [-0.25, -0.2) is 9.97 Å². The number of aromatic amines is 2. The molecule has 2 aromatic heterocycles. The summed E-state index contributed by atoms with van der Waals surface area (Å²) in [6.07, 6.45) is 5.28. The minimum atomic E-state index is -0.235. The predicted octanol–water partition coefficient (Wildman–Crippen LogP) is 0.163. The highest BCUT2D eigenvalue weighted by Gasteiger charge is 2.28. The molecule has 1 fully saturated rings. The maximum absolute atomic E-state index is 11.8. The summed E-state index contributed by atoms with van der Waals surface area (Å²) in [5.41, 5.74) is 0. The summed E-state index contributed by atoms with van der Waals surface area (Å²) in [4.78, 5) is 20.0. The van der Waals surface area contributed by atoms with Crippen LogP contribution in [0.15, 0.2) is 6.33 Å². The van der Waals surface area contributed by atoms with Crippen molar-refractivity contribution < 1.29 is 4.79 Å². The van der Waals surface area contributed by atoms with Crippen molar-refractivity contribution in [1.82, 2.24) is 35.7 Å². The molecule has 1 amide bonds. The highest BCUT2D eigenvalue weighted by atomic mass is 16.2. The number of nitrogens with one attached hydrogen (secondary N) is 3. The summed E-state index contributed by atoms with van der Waals surface area (Å²) in [5, 5.41) is 16.1. The van der Waals surface area contributed by atoms with Crippen LogP contribution < -0.4 is 5.32 Å². The first kappa shape index (κ1) is 11.8. The van der Waals surface area contributed by atoms with E-state index in [1.807, 2.05) is 0 Å². The van der Waals surface area contributed by atoms with Crippen molar-refractivity contribution in [2.45, 2.75) is 31.6 Å². The SMILES string of the molecule is O=C(NCCCc1ncn[nH]1)c1n[nH]c(C2CC2)n1. The van der Waals surface area contributed by atoms with E-state index in [1.165, 1.54) is 6.33 Å². The first-order chi connectivity index (χ1) is 9.33. The van der Waals surface area contributed by atoms with Crippen molar-refractivity contribution in [3.63, 3.8) is 0 Å². The molecule has 0 aliphatic heterocycles. The molecule has 100 valence electrons. The second-order valence-corrected chi connectivity index (χ2v) is 4.61. The van der Waals surface area contributed by atoms with Crippen molar-refractivity contribution in [1.29, 1.82) is 0 Å². The second kappa shape index (κ2) is 5.17. The minimum Gasteiger partial charge on any atom is -0.349 e. The van der Waals surface area contributed by atoms with Gasteiger partial charge in [-0.15, -0.1) is 5.10 Å². The first-order valence-electron chi connectivity index (χ1n) is 6.37. The lowest BCUT2D eigenvalue weighted by atomic mass is 10.3. The molecular weight excluding hydrogens is 246 g/mol. The lowest BCUT2D eigenvalue weighted by Gasteiger charge is -2.00. The van der Waals surface area contributed by atoms with Gasteiger partial charge in [-0.1, -0.05) is 0 Å². The van der Waals surface area contributed by atoms with Crippen molar-refractivity contribution in [2.75, 3.05) is 6.54 Å². The monoisotopic (exact) mass is 261 g/mol. The van der Waals surface area contributed by atoms with Crippen LogP contribution in [0.5, 0.6) is 0 Å². The summed E-state index contributed by atoms with van der Waals surface area (Å²) in [6.45, 7) is 0.562. The van der Waals surface area contributed by atoms with Gasteiger partial charge < -0.3 is 5.32 Å². The van der Waals surface area contributed by atoms with Gasteiger partial charge in [0.25, 0.3) is 5.91 Å². The third-order valence-electron chi connectivity index (χ3n) is 3.01. The van der Waals surface area contributed by atoms with Gasteiger partial charge in [0.1, 0.15) is 18.0 Å². The summed E-state index contributed by atoms with van der Waals surface area (Å²) in [7, 11) is 0. The first-order valence-corrected chi connectivity index (χ1v) is 6.37. The predicted molar refractivity (Wildman–Crippen MR) is 65.4 cm³/mol. The molecule has 0 saturated heterocycles. The summed E-state index contributed by atoms with van der Waals surface area (Å²) < 4.78 is 0. The molecule has 3 N–H and O–H groups in total. The van der Waals surface area contributed by atoms with Crippen molar-refractivity contribution >= 4 is 5.91 Å². The Morgan fingerprint density at radius 3 is 3.05 bits per heavy atom. The van der Waals surface area contributed by atoms with Crippen molar-refractivity contribution in [2.24, 2.45) is 0 Å². The van der Waals surface area contributed by atoms with Crippen LogP contribution in [0.25, 0.3) is 0 Å². The minimum absolute atomic E-state index is 0.224. The van der Waals surface area contributed by atoms with Crippen LogP contribution >= 0.6 is 0 Å². The summed E-state index contributed by atoms with van der Waals surface area (Å²) in [6, 6.07) is 0. The summed E-state index contributed by atoms with van der Waals surface area (Å²) >= 11 is 0. The number of H-pyrrole nitrogens is 2. The number of rotatable bonds is 6. The largest absolute Gasteiger partial charge is 0.349 e. The zero-order valence-electron chi connectivity index (χ0n) is 10.4. The van der Waals surface area contributed by atoms with Gasteiger partial charge in [0, 0.05) is 18.9 Å². The van der Waals surface area contributed by atoms with Gasteiger partial charge in [0.15, 0.2) is 0 Å². The molecule has 1 aliphatic rings. The van der Waals surface area contributed by atoms with E-state index in [0.717, 1.165) is 37.3 Å². The van der Waals surface area contributed by atoms with Gasteiger partial charge in [0.2, 0.25) is 5.82 Å². The molecular formula is C11H15N7O. The number of carbonyl (C=O) groups excluding carboxylic acids is 1. The summed E-state index contributed by atoms with van der Waals surface area (Å²) in [5.74, 6) is 2.11. The van der Waals surface area contributed by atoms with Gasteiger partial charge in [-0.2, -0.15) is 5.10 Å². The van der Waals surface area contributed by atoms with E-state index in [4.69, 9.17) is 0 Å². The Balaban J connectivity index is 1.42. The molecule has 0 spiro atoms. The maximum Gasteiger partial charge on any atom is 0.290 e. The Hall–Kier alpha value is -2.25. The maximum atomic E-state index is 11.8. The zero-order chi connectivity index (χ0) is 13.1. The van der Waals surface area contributed by atoms with E-state index < -0.39 is 0 Å². The molecule has 8 heteroatoms. The fourth-order valence-corrected chi connectivity index (χ4v) is 1.80. The normalized spacial score (nSPS) is 14.5. The standard InChI is InChI=1S/C11H15N7O/c19-11(10-15-9(17-18-10)7-3-4-7)12-5-1-2-8-13-6-14-16-8/h6-7H,1-5H2,(H,12,19)(H,13,14,16)(H,15,17,18). The molecule has 3 rings (SSSR count). The lowest BCUT2D eigenvalue weighted by molar-refractivity contribution is 0.0943. The molecule has 19 heavy (non-hydrogen) atoms. The van der Waals surface area contributed by atoms with E-state index in [-0.39, 0.29) is 11.7 Å².